The van der Waals surface area contributed by atoms with Gasteiger partial charge >= 0.3 is 0 Å². The molecule has 0 aliphatic carbocycles. The van der Waals surface area contributed by atoms with Gasteiger partial charge in [-0.05, 0) is 29.1 Å². The Hall–Kier alpha value is -1.30. The van der Waals surface area contributed by atoms with Crippen LogP contribution in [0.15, 0.2) is 30.5 Å². The quantitative estimate of drug-likeness (QED) is 0.628. The van der Waals surface area contributed by atoms with Gasteiger partial charge in [-0.25, -0.2) is 5.43 Å². The van der Waals surface area contributed by atoms with Gasteiger partial charge in [0, 0.05) is 0 Å². The summed E-state index contributed by atoms with van der Waals surface area (Å²) in [6.45, 7) is 2.18. The summed E-state index contributed by atoms with van der Waals surface area (Å²) in [4.78, 5) is 1.02. The number of nitrogens with one attached hydrogen (secondary N) is 1. The monoisotopic (exact) mass is 248 g/mol. The van der Waals surface area contributed by atoms with E-state index in [0.717, 1.165) is 23.3 Å². The van der Waals surface area contributed by atoms with Crippen LogP contribution in [0.25, 0.3) is 0 Å². The Bertz CT molecular complexity index is 438. The van der Waals surface area contributed by atoms with Crippen LogP contribution in [-0.4, -0.2) is 9.59 Å². The topological polar surface area (TPSA) is 63.8 Å². The fourth-order valence-electron chi connectivity index (χ4n) is 1.81. The van der Waals surface area contributed by atoms with E-state index in [1.54, 1.807) is 6.20 Å². The molecular weight excluding hydrogens is 232 g/mol. The number of nitrogens with zero attached hydrogens (tertiary/aromatic N) is 2. The predicted octanol–water partition coefficient (Wildman–Crippen LogP) is 2.04. The van der Waals surface area contributed by atoms with Gasteiger partial charge in [-0.15, -0.1) is 5.10 Å². The minimum Gasteiger partial charge on any atom is -0.271 e. The highest BCUT2D eigenvalue weighted by molar-refractivity contribution is 7.05. The van der Waals surface area contributed by atoms with Gasteiger partial charge < -0.3 is 0 Å². The molecule has 1 aromatic carbocycles. The van der Waals surface area contributed by atoms with Crippen molar-refractivity contribution in [3.63, 3.8) is 0 Å². The molecule has 1 unspecified atom stereocenters. The number of hydrogen-bond donors (Lipinski definition) is 2. The third-order valence-corrected chi connectivity index (χ3v) is 3.41. The van der Waals surface area contributed by atoms with Crippen LogP contribution in [0.5, 0.6) is 0 Å². The zero-order valence-corrected chi connectivity index (χ0v) is 10.6. The van der Waals surface area contributed by atoms with Crippen molar-refractivity contribution in [1.29, 1.82) is 0 Å². The second-order valence-electron chi connectivity index (χ2n) is 3.91. The van der Waals surface area contributed by atoms with Gasteiger partial charge in [0.25, 0.3) is 0 Å². The molecule has 0 radical (unpaired) electrons. The molecule has 0 saturated carbocycles. The molecule has 5 heteroatoms. The lowest BCUT2D eigenvalue weighted by atomic mass is 10.0. The van der Waals surface area contributed by atoms with Crippen molar-refractivity contribution in [2.24, 2.45) is 5.84 Å². The van der Waals surface area contributed by atoms with Gasteiger partial charge in [-0.1, -0.05) is 42.1 Å². The third-order valence-electron chi connectivity index (χ3n) is 2.68. The fraction of sp³-hybridized carbons (Fsp3) is 0.333. The van der Waals surface area contributed by atoms with Crippen molar-refractivity contribution in [1.82, 2.24) is 15.0 Å². The second kappa shape index (κ2) is 5.86. The smallest absolute Gasteiger partial charge is 0.0834 e. The van der Waals surface area contributed by atoms with Crippen molar-refractivity contribution in [2.45, 2.75) is 25.8 Å². The number of hydrazine groups is 1. The minimum atomic E-state index is -0.0225. The molecule has 1 heterocycles. The van der Waals surface area contributed by atoms with Crippen molar-refractivity contribution in [2.75, 3.05) is 0 Å². The standard InChI is InChI=1S/C12H16N4S/c1-2-3-9-4-6-10(7-5-9)12(15-13)11-8-14-16-17-11/h4-8,12,15H,2-3,13H2,1H3. The van der Waals surface area contributed by atoms with Gasteiger partial charge in [0.2, 0.25) is 0 Å². The molecule has 3 N–H and O–H groups in total. The lowest BCUT2D eigenvalue weighted by Gasteiger charge is -2.14. The van der Waals surface area contributed by atoms with Crippen LogP contribution in [-0.2, 0) is 6.42 Å². The summed E-state index contributed by atoms with van der Waals surface area (Å²) in [6.07, 6.45) is 4.02. The Balaban J connectivity index is 2.20. The molecule has 0 saturated heterocycles. The highest BCUT2D eigenvalue weighted by atomic mass is 32.1. The number of benzene rings is 1. The number of nitrogens with two attached hydrogens (primary N) is 1. The van der Waals surface area contributed by atoms with Gasteiger partial charge in [0.15, 0.2) is 0 Å². The molecule has 0 aliphatic heterocycles. The first-order chi connectivity index (χ1) is 8.35. The van der Waals surface area contributed by atoms with E-state index in [1.165, 1.54) is 17.1 Å². The fourth-order valence-corrected chi connectivity index (χ4v) is 2.40. The average Bonchev–Trinajstić information content (AvgIpc) is 2.86. The second-order valence-corrected chi connectivity index (χ2v) is 4.73. The lowest BCUT2D eigenvalue weighted by molar-refractivity contribution is 0.645. The number of aryl methyl sites for hydroxylation is 1. The summed E-state index contributed by atoms with van der Waals surface area (Å²) in [5, 5.41) is 3.84. The van der Waals surface area contributed by atoms with Crippen molar-refractivity contribution < 1.29 is 0 Å². The highest BCUT2D eigenvalue weighted by Crippen LogP contribution is 2.23. The number of rotatable bonds is 5. The van der Waals surface area contributed by atoms with Crippen LogP contribution in [0, 0.1) is 0 Å². The maximum Gasteiger partial charge on any atom is 0.0834 e. The van der Waals surface area contributed by atoms with Crippen LogP contribution in [0.4, 0.5) is 0 Å². The zero-order valence-electron chi connectivity index (χ0n) is 9.76. The largest absolute Gasteiger partial charge is 0.271 e. The average molecular weight is 248 g/mol. The van der Waals surface area contributed by atoms with Gasteiger partial charge in [-0.3, -0.25) is 5.84 Å². The molecule has 2 aromatic rings. The van der Waals surface area contributed by atoms with Crippen LogP contribution in [0.1, 0.15) is 35.4 Å². The molecule has 17 heavy (non-hydrogen) atoms. The molecule has 0 bridgehead atoms. The summed E-state index contributed by atoms with van der Waals surface area (Å²) in [6, 6.07) is 8.49. The van der Waals surface area contributed by atoms with E-state index in [4.69, 9.17) is 5.84 Å². The van der Waals surface area contributed by atoms with Crippen molar-refractivity contribution >= 4 is 11.5 Å². The molecule has 0 spiro atoms. The van der Waals surface area contributed by atoms with Crippen LogP contribution in [0.3, 0.4) is 0 Å². The summed E-state index contributed by atoms with van der Waals surface area (Å²) in [5.74, 6) is 5.59. The molecule has 2 rings (SSSR count). The number of aromatic nitrogens is 2. The van der Waals surface area contributed by atoms with Gasteiger partial charge in [-0.2, -0.15) is 0 Å². The predicted molar refractivity (Wildman–Crippen MR) is 69.5 cm³/mol. The SMILES string of the molecule is CCCc1ccc(C(NN)c2cnns2)cc1. The maximum atomic E-state index is 5.59. The van der Waals surface area contributed by atoms with E-state index in [-0.39, 0.29) is 6.04 Å². The molecule has 1 aromatic heterocycles. The summed E-state index contributed by atoms with van der Waals surface area (Å²) in [5.41, 5.74) is 5.30. The van der Waals surface area contributed by atoms with Crippen molar-refractivity contribution in [3.8, 4) is 0 Å². The minimum absolute atomic E-state index is 0.0225. The van der Waals surface area contributed by atoms with E-state index in [9.17, 15) is 0 Å². The Morgan fingerprint density at radius 2 is 2.12 bits per heavy atom. The highest BCUT2D eigenvalue weighted by Gasteiger charge is 2.14. The van der Waals surface area contributed by atoms with E-state index in [0.29, 0.717) is 0 Å². The molecule has 1 atom stereocenters. The molecule has 4 nitrogen and oxygen atoms in total. The van der Waals surface area contributed by atoms with E-state index >= 15 is 0 Å². The van der Waals surface area contributed by atoms with E-state index in [1.807, 2.05) is 0 Å². The van der Waals surface area contributed by atoms with Gasteiger partial charge in [0.05, 0.1) is 17.1 Å². The van der Waals surface area contributed by atoms with Gasteiger partial charge in [0.1, 0.15) is 0 Å². The van der Waals surface area contributed by atoms with Crippen LogP contribution in [0.2, 0.25) is 0 Å². The molecule has 0 fully saturated rings. The summed E-state index contributed by atoms with van der Waals surface area (Å²) >= 11 is 1.36. The Labute approximate surface area is 105 Å². The Morgan fingerprint density at radius 1 is 1.35 bits per heavy atom. The molecular formula is C12H16N4S. The molecule has 0 amide bonds. The summed E-state index contributed by atoms with van der Waals surface area (Å²) in [7, 11) is 0. The van der Waals surface area contributed by atoms with Crippen LogP contribution < -0.4 is 11.3 Å². The normalized spacial score (nSPS) is 12.6. The van der Waals surface area contributed by atoms with E-state index < -0.39 is 0 Å². The van der Waals surface area contributed by atoms with E-state index in [2.05, 4.69) is 46.2 Å². The third kappa shape index (κ3) is 2.88. The maximum absolute atomic E-state index is 5.59. The molecule has 0 aliphatic rings. The first kappa shape index (κ1) is 12.2. The lowest BCUT2D eigenvalue weighted by Crippen LogP contribution is -2.28. The first-order valence-electron chi connectivity index (χ1n) is 5.67. The first-order valence-corrected chi connectivity index (χ1v) is 6.44. The summed E-state index contributed by atoms with van der Waals surface area (Å²) < 4.78 is 3.86. The van der Waals surface area contributed by atoms with Crippen molar-refractivity contribution in [3.05, 3.63) is 46.5 Å². The number of hydrogen-bond acceptors (Lipinski definition) is 5. The Morgan fingerprint density at radius 3 is 2.65 bits per heavy atom. The zero-order chi connectivity index (χ0) is 12.1. The Kier molecular flexibility index (Phi) is 4.19. The van der Waals surface area contributed by atoms with Crippen LogP contribution >= 0.6 is 11.5 Å². The molecule has 90 valence electrons.